The molecule has 1 aliphatic rings. The Balaban J connectivity index is 1.58. The first kappa shape index (κ1) is 16.5. The molecule has 1 aromatic carbocycles. The third-order valence-corrected chi connectivity index (χ3v) is 4.84. The molecule has 4 rings (SSSR count). The lowest BCUT2D eigenvalue weighted by molar-refractivity contribution is 0.0702. The molecule has 1 fully saturated rings. The molecule has 0 bridgehead atoms. The number of aromatic amines is 1. The molecule has 1 saturated heterocycles. The number of hydrogen-bond donors (Lipinski definition) is 1. The van der Waals surface area contributed by atoms with Crippen molar-refractivity contribution in [3.63, 3.8) is 0 Å². The zero-order chi connectivity index (χ0) is 18.1. The zero-order valence-corrected chi connectivity index (χ0v) is 14.4. The minimum atomic E-state index is -0.450. The summed E-state index contributed by atoms with van der Waals surface area (Å²) in [5.74, 6) is -0.141. The van der Waals surface area contributed by atoms with Crippen LogP contribution in [0.4, 0.5) is 4.39 Å². The summed E-state index contributed by atoms with van der Waals surface area (Å²) in [5, 5.41) is 7.84. The van der Waals surface area contributed by atoms with Crippen LogP contribution in [-0.2, 0) is 0 Å². The van der Waals surface area contributed by atoms with Gasteiger partial charge in [-0.2, -0.15) is 5.10 Å². The smallest absolute Gasteiger partial charge is 0.257 e. The number of fused-ring (bicyclic) bond motifs is 1. The number of halogens is 1. The zero-order valence-electron chi connectivity index (χ0n) is 14.4. The second-order valence-corrected chi connectivity index (χ2v) is 6.48. The van der Waals surface area contributed by atoms with Gasteiger partial charge < -0.3 is 9.64 Å². The minimum Gasteiger partial charge on any atom is -0.496 e. The first-order valence-corrected chi connectivity index (χ1v) is 8.58. The van der Waals surface area contributed by atoms with E-state index in [1.807, 2.05) is 12.1 Å². The van der Waals surface area contributed by atoms with Gasteiger partial charge in [-0.15, -0.1) is 0 Å². The Hall–Kier alpha value is -2.96. The van der Waals surface area contributed by atoms with E-state index in [1.54, 1.807) is 11.1 Å². The summed E-state index contributed by atoms with van der Waals surface area (Å²) in [4.78, 5) is 19.3. The summed E-state index contributed by atoms with van der Waals surface area (Å²) in [6, 6.07) is 7.98. The van der Waals surface area contributed by atoms with Crippen LogP contribution in [0.25, 0.3) is 11.0 Å². The molecule has 1 atom stereocenters. The highest BCUT2D eigenvalue weighted by Gasteiger charge is 2.28. The van der Waals surface area contributed by atoms with E-state index < -0.39 is 5.82 Å². The highest BCUT2D eigenvalue weighted by atomic mass is 19.1. The van der Waals surface area contributed by atoms with E-state index in [-0.39, 0.29) is 17.4 Å². The Morgan fingerprint density at radius 3 is 3.08 bits per heavy atom. The molecule has 0 radical (unpaired) electrons. The lowest BCUT2D eigenvalue weighted by Crippen LogP contribution is -2.39. The van der Waals surface area contributed by atoms with Crippen molar-refractivity contribution in [3.8, 4) is 5.75 Å². The summed E-state index contributed by atoms with van der Waals surface area (Å²) in [5.41, 5.74) is 1.94. The maximum atomic E-state index is 13.6. The molecule has 3 heterocycles. The molecule has 26 heavy (non-hydrogen) atoms. The van der Waals surface area contributed by atoms with Gasteiger partial charge in [0, 0.05) is 30.1 Å². The van der Waals surface area contributed by atoms with Crippen LogP contribution in [0.1, 0.15) is 34.8 Å². The molecule has 0 spiro atoms. The Kier molecular flexibility index (Phi) is 4.28. The average molecular weight is 354 g/mol. The Labute approximate surface area is 150 Å². The molecular weight excluding hydrogens is 335 g/mol. The number of carbonyl (C=O) groups excluding carboxylic acids is 1. The maximum Gasteiger partial charge on any atom is 0.257 e. The fourth-order valence-corrected chi connectivity index (χ4v) is 3.49. The number of H-pyrrole nitrogens is 1. The van der Waals surface area contributed by atoms with Gasteiger partial charge in [0.05, 0.1) is 18.9 Å². The van der Waals surface area contributed by atoms with Crippen LogP contribution < -0.4 is 4.74 Å². The van der Waals surface area contributed by atoms with Crippen molar-refractivity contribution in [2.24, 2.45) is 0 Å². The number of benzene rings is 1. The lowest BCUT2D eigenvalue weighted by Gasteiger charge is -2.32. The number of ether oxygens (including phenoxy) is 1. The number of amides is 1. The number of methoxy groups -OCH3 is 1. The predicted octanol–water partition coefficient (Wildman–Crippen LogP) is 3.13. The molecule has 1 aliphatic heterocycles. The molecule has 134 valence electrons. The standard InChI is InChI=1S/C19H19FN4O2/c1-26-17-7-5-14(20)9-15(17)19(25)24-8-2-3-13(11-24)16-6-4-12-10-21-23-18(12)22-16/h4-7,9-10,13H,2-3,8,11H2,1H3,(H,21,22,23)/t13-/m1/s1. The number of carbonyl (C=O) groups is 1. The molecule has 2 aromatic heterocycles. The van der Waals surface area contributed by atoms with Gasteiger partial charge in [0.1, 0.15) is 11.6 Å². The van der Waals surface area contributed by atoms with Crippen LogP contribution in [0.2, 0.25) is 0 Å². The topological polar surface area (TPSA) is 71.1 Å². The van der Waals surface area contributed by atoms with Crippen molar-refractivity contribution >= 4 is 16.9 Å². The van der Waals surface area contributed by atoms with Gasteiger partial charge in [-0.1, -0.05) is 0 Å². The van der Waals surface area contributed by atoms with Crippen molar-refractivity contribution in [1.82, 2.24) is 20.1 Å². The third-order valence-electron chi connectivity index (χ3n) is 4.84. The summed E-state index contributed by atoms with van der Waals surface area (Å²) < 4.78 is 18.9. The molecule has 1 N–H and O–H groups in total. The number of nitrogens with zero attached hydrogens (tertiary/aromatic N) is 3. The predicted molar refractivity (Wildman–Crippen MR) is 94.7 cm³/mol. The molecule has 0 aliphatic carbocycles. The maximum absolute atomic E-state index is 13.6. The van der Waals surface area contributed by atoms with Crippen LogP contribution in [0.3, 0.4) is 0 Å². The number of hydrogen-bond acceptors (Lipinski definition) is 4. The quantitative estimate of drug-likeness (QED) is 0.784. The van der Waals surface area contributed by atoms with Crippen molar-refractivity contribution < 1.29 is 13.9 Å². The molecular formula is C19H19FN4O2. The second-order valence-electron chi connectivity index (χ2n) is 6.48. The monoisotopic (exact) mass is 354 g/mol. The van der Waals surface area contributed by atoms with Crippen molar-refractivity contribution in [3.05, 3.63) is 53.6 Å². The molecule has 3 aromatic rings. The second kappa shape index (κ2) is 6.74. The minimum absolute atomic E-state index is 0.139. The summed E-state index contributed by atoms with van der Waals surface area (Å²) in [6.45, 7) is 1.19. The number of pyridine rings is 1. The molecule has 6 nitrogen and oxygen atoms in total. The molecule has 0 unspecified atom stereocenters. The number of piperidine rings is 1. The van der Waals surface area contributed by atoms with E-state index in [0.29, 0.717) is 18.8 Å². The first-order valence-electron chi connectivity index (χ1n) is 8.58. The normalized spacial score (nSPS) is 17.5. The fraction of sp³-hybridized carbons (Fsp3) is 0.316. The van der Waals surface area contributed by atoms with Gasteiger partial charge in [0.2, 0.25) is 0 Å². The third kappa shape index (κ3) is 3.00. The van der Waals surface area contributed by atoms with Gasteiger partial charge in [-0.25, -0.2) is 9.37 Å². The number of aromatic nitrogens is 3. The van der Waals surface area contributed by atoms with E-state index >= 15 is 0 Å². The van der Waals surface area contributed by atoms with E-state index in [1.165, 1.54) is 25.3 Å². The van der Waals surface area contributed by atoms with Crippen molar-refractivity contribution in [2.45, 2.75) is 18.8 Å². The van der Waals surface area contributed by atoms with Crippen LogP contribution >= 0.6 is 0 Å². The van der Waals surface area contributed by atoms with Crippen LogP contribution in [0.5, 0.6) is 5.75 Å². The molecule has 7 heteroatoms. The van der Waals surface area contributed by atoms with Crippen LogP contribution in [-0.4, -0.2) is 46.2 Å². The Bertz CT molecular complexity index is 956. The highest BCUT2D eigenvalue weighted by molar-refractivity contribution is 5.97. The van der Waals surface area contributed by atoms with Gasteiger partial charge in [-0.05, 0) is 43.2 Å². The SMILES string of the molecule is COc1ccc(F)cc1C(=O)N1CCC[C@@H](c2ccc3cn[nH]c3n2)C1. The number of rotatable bonds is 3. The van der Waals surface area contributed by atoms with E-state index in [9.17, 15) is 9.18 Å². The highest BCUT2D eigenvalue weighted by Crippen LogP contribution is 2.29. The first-order chi connectivity index (χ1) is 12.7. The average Bonchev–Trinajstić information content (AvgIpc) is 3.15. The molecule has 0 saturated carbocycles. The van der Waals surface area contributed by atoms with Gasteiger partial charge >= 0.3 is 0 Å². The van der Waals surface area contributed by atoms with E-state index in [0.717, 1.165) is 29.6 Å². The summed E-state index contributed by atoms with van der Waals surface area (Å²) in [7, 11) is 1.48. The van der Waals surface area contributed by atoms with Gasteiger partial charge in [0.15, 0.2) is 5.65 Å². The Morgan fingerprint density at radius 1 is 1.35 bits per heavy atom. The van der Waals surface area contributed by atoms with Gasteiger partial charge in [-0.3, -0.25) is 9.89 Å². The van der Waals surface area contributed by atoms with Crippen molar-refractivity contribution in [1.29, 1.82) is 0 Å². The van der Waals surface area contributed by atoms with E-state index in [4.69, 9.17) is 4.74 Å². The number of nitrogens with one attached hydrogen (secondary N) is 1. The molecule has 1 amide bonds. The summed E-state index contributed by atoms with van der Waals surface area (Å²) in [6.07, 6.45) is 3.56. The van der Waals surface area contributed by atoms with Gasteiger partial charge in [0.25, 0.3) is 5.91 Å². The number of likely N-dealkylation sites (tertiary alicyclic amines) is 1. The fourth-order valence-electron chi connectivity index (χ4n) is 3.49. The van der Waals surface area contributed by atoms with Crippen LogP contribution in [0.15, 0.2) is 36.5 Å². The largest absolute Gasteiger partial charge is 0.496 e. The lowest BCUT2D eigenvalue weighted by atomic mass is 9.93. The van der Waals surface area contributed by atoms with Crippen LogP contribution in [0, 0.1) is 5.82 Å². The summed E-state index contributed by atoms with van der Waals surface area (Å²) >= 11 is 0. The Morgan fingerprint density at radius 2 is 2.23 bits per heavy atom. The van der Waals surface area contributed by atoms with Crippen molar-refractivity contribution in [2.75, 3.05) is 20.2 Å². The van der Waals surface area contributed by atoms with E-state index in [2.05, 4.69) is 15.2 Å².